The van der Waals surface area contributed by atoms with Gasteiger partial charge in [0.05, 0.1) is 21.9 Å². The van der Waals surface area contributed by atoms with Gasteiger partial charge in [0, 0.05) is 17.1 Å². The van der Waals surface area contributed by atoms with Gasteiger partial charge in [-0.3, -0.25) is 9.82 Å². The van der Waals surface area contributed by atoms with E-state index >= 15 is 0 Å². The predicted octanol–water partition coefficient (Wildman–Crippen LogP) is 2.89. The number of sulfonamides is 1. The van der Waals surface area contributed by atoms with Crippen LogP contribution in [0.3, 0.4) is 0 Å². The van der Waals surface area contributed by atoms with Crippen molar-refractivity contribution in [2.24, 2.45) is 0 Å². The molecule has 0 bridgehead atoms. The van der Waals surface area contributed by atoms with Gasteiger partial charge in [-0.2, -0.15) is 13.5 Å². The van der Waals surface area contributed by atoms with Crippen molar-refractivity contribution in [3.05, 3.63) is 39.0 Å². The Balaban J connectivity index is 2.40. The van der Waals surface area contributed by atoms with Crippen LogP contribution in [-0.2, 0) is 16.6 Å². The topological polar surface area (TPSA) is 86.9 Å². The van der Waals surface area contributed by atoms with Gasteiger partial charge in [-0.1, -0.05) is 34.8 Å². The minimum Gasteiger partial charge on any atom is -0.316 e. The van der Waals surface area contributed by atoms with Gasteiger partial charge in [-0.25, -0.2) is 0 Å². The molecule has 0 aliphatic rings. The van der Waals surface area contributed by atoms with Crippen LogP contribution in [0.1, 0.15) is 5.56 Å². The van der Waals surface area contributed by atoms with Gasteiger partial charge in [-0.05, 0) is 19.2 Å². The molecule has 21 heavy (non-hydrogen) atoms. The number of halogens is 3. The van der Waals surface area contributed by atoms with Crippen LogP contribution < -0.4 is 10.0 Å². The summed E-state index contributed by atoms with van der Waals surface area (Å²) in [6.45, 7) is 0.342. The van der Waals surface area contributed by atoms with Crippen molar-refractivity contribution in [2.45, 2.75) is 11.6 Å². The number of hydrogen-bond acceptors (Lipinski definition) is 4. The van der Waals surface area contributed by atoms with E-state index in [2.05, 4.69) is 20.2 Å². The summed E-state index contributed by atoms with van der Waals surface area (Å²) >= 11 is 17.7. The van der Waals surface area contributed by atoms with Crippen LogP contribution in [0.5, 0.6) is 0 Å². The van der Waals surface area contributed by atoms with E-state index in [1.807, 2.05) is 0 Å². The molecule has 114 valence electrons. The highest BCUT2D eigenvalue weighted by atomic mass is 35.5. The fraction of sp³-hybridized carbons (Fsp3) is 0.182. The first-order chi connectivity index (χ1) is 9.85. The van der Waals surface area contributed by atoms with Crippen molar-refractivity contribution in [1.82, 2.24) is 15.5 Å². The Bertz CT molecular complexity index is 738. The van der Waals surface area contributed by atoms with Gasteiger partial charge in [-0.15, -0.1) is 0 Å². The summed E-state index contributed by atoms with van der Waals surface area (Å²) in [4.78, 5) is 0. The van der Waals surface area contributed by atoms with Crippen molar-refractivity contribution in [1.29, 1.82) is 0 Å². The van der Waals surface area contributed by atoms with Crippen LogP contribution in [0.25, 0.3) is 0 Å². The normalized spacial score (nSPS) is 11.6. The molecule has 1 aromatic carbocycles. The molecule has 0 fully saturated rings. The molecule has 3 N–H and O–H groups in total. The summed E-state index contributed by atoms with van der Waals surface area (Å²) in [6.07, 6.45) is 1.43. The molecular formula is C11H11Cl3N4O2S. The Kier molecular flexibility index (Phi) is 5.00. The van der Waals surface area contributed by atoms with E-state index in [0.717, 1.165) is 0 Å². The van der Waals surface area contributed by atoms with Crippen LogP contribution in [0, 0.1) is 0 Å². The maximum atomic E-state index is 12.4. The van der Waals surface area contributed by atoms with Crippen LogP contribution in [0.15, 0.2) is 23.4 Å². The molecule has 2 rings (SSSR count). The number of H-pyrrole nitrogens is 1. The molecule has 2 aromatic rings. The number of nitrogens with zero attached hydrogens (tertiary/aromatic N) is 1. The lowest BCUT2D eigenvalue weighted by atomic mass is 10.3. The maximum absolute atomic E-state index is 12.4. The smallest absolute Gasteiger partial charge is 0.279 e. The third-order valence-corrected chi connectivity index (χ3v) is 4.74. The molecular weight excluding hydrogens is 359 g/mol. The van der Waals surface area contributed by atoms with E-state index in [9.17, 15) is 8.42 Å². The quantitative estimate of drug-likeness (QED) is 0.756. The summed E-state index contributed by atoms with van der Waals surface area (Å²) in [5.41, 5.74) is 0.555. The molecule has 0 radical (unpaired) electrons. The average molecular weight is 370 g/mol. The fourth-order valence-corrected chi connectivity index (χ4v) is 3.93. The minimum atomic E-state index is -3.90. The number of aromatic amines is 1. The van der Waals surface area contributed by atoms with Gasteiger partial charge in [0.15, 0.2) is 5.03 Å². The van der Waals surface area contributed by atoms with Crippen LogP contribution in [0.2, 0.25) is 15.1 Å². The second kappa shape index (κ2) is 6.41. The summed E-state index contributed by atoms with van der Waals surface area (Å²) in [7, 11) is -2.20. The standard InChI is InChI=1S/C11H11Cl3N4O2S/c1-15-4-6-5-16-17-11(6)21(19,20)18-10-8(13)2-7(12)3-9(10)14/h2-3,5,15,18H,4H2,1H3,(H,16,17). The summed E-state index contributed by atoms with van der Waals surface area (Å²) in [6, 6.07) is 2.79. The predicted molar refractivity (Wildman–Crippen MR) is 83.6 cm³/mol. The molecule has 10 heteroatoms. The Morgan fingerprint density at radius 1 is 1.24 bits per heavy atom. The second-order valence-corrected chi connectivity index (χ2v) is 6.97. The molecule has 6 nitrogen and oxygen atoms in total. The number of nitrogens with one attached hydrogen (secondary N) is 3. The molecule has 0 amide bonds. The Hall–Kier alpha value is -0.990. The molecule has 1 heterocycles. The summed E-state index contributed by atoms with van der Waals surface area (Å²) in [5, 5.41) is 9.50. The molecule has 0 spiro atoms. The minimum absolute atomic E-state index is 0.0565. The van der Waals surface area contributed by atoms with E-state index in [-0.39, 0.29) is 20.8 Å². The number of hydrogen-bond donors (Lipinski definition) is 3. The molecule has 0 unspecified atom stereocenters. The zero-order chi connectivity index (χ0) is 15.6. The maximum Gasteiger partial charge on any atom is 0.279 e. The molecule has 0 atom stereocenters. The third kappa shape index (κ3) is 3.61. The molecule has 0 aliphatic carbocycles. The largest absolute Gasteiger partial charge is 0.316 e. The lowest BCUT2D eigenvalue weighted by Crippen LogP contribution is -2.17. The molecule has 1 aromatic heterocycles. The number of anilines is 1. The Labute approximate surface area is 136 Å². The number of aromatic nitrogens is 2. The zero-order valence-corrected chi connectivity index (χ0v) is 13.8. The van der Waals surface area contributed by atoms with Crippen LogP contribution >= 0.6 is 34.8 Å². The van der Waals surface area contributed by atoms with Gasteiger partial charge in [0.1, 0.15) is 0 Å². The highest BCUT2D eigenvalue weighted by molar-refractivity contribution is 7.92. The number of rotatable bonds is 5. The highest BCUT2D eigenvalue weighted by Gasteiger charge is 2.23. The third-order valence-electron chi connectivity index (χ3n) is 2.56. The van der Waals surface area contributed by atoms with Crippen LogP contribution in [-0.4, -0.2) is 25.7 Å². The van der Waals surface area contributed by atoms with Gasteiger partial charge in [0.25, 0.3) is 10.0 Å². The van der Waals surface area contributed by atoms with Crippen molar-refractivity contribution < 1.29 is 8.42 Å². The average Bonchev–Trinajstić information content (AvgIpc) is 2.83. The first kappa shape index (κ1) is 16.4. The van der Waals surface area contributed by atoms with Gasteiger partial charge >= 0.3 is 0 Å². The van der Waals surface area contributed by atoms with Crippen molar-refractivity contribution in [3.8, 4) is 0 Å². The first-order valence-electron chi connectivity index (χ1n) is 5.69. The van der Waals surface area contributed by atoms with E-state index in [1.54, 1.807) is 7.05 Å². The van der Waals surface area contributed by atoms with Crippen molar-refractivity contribution in [2.75, 3.05) is 11.8 Å². The lowest BCUT2D eigenvalue weighted by molar-refractivity contribution is 0.595. The highest BCUT2D eigenvalue weighted by Crippen LogP contribution is 2.35. The van der Waals surface area contributed by atoms with E-state index in [1.165, 1.54) is 18.3 Å². The molecule has 0 saturated carbocycles. The SMILES string of the molecule is CNCc1cn[nH]c1S(=O)(=O)Nc1c(Cl)cc(Cl)cc1Cl. The molecule has 0 saturated heterocycles. The second-order valence-electron chi connectivity index (χ2n) is 4.10. The van der Waals surface area contributed by atoms with E-state index in [0.29, 0.717) is 17.1 Å². The Morgan fingerprint density at radius 2 is 1.86 bits per heavy atom. The zero-order valence-electron chi connectivity index (χ0n) is 10.7. The monoisotopic (exact) mass is 368 g/mol. The number of benzene rings is 1. The van der Waals surface area contributed by atoms with Gasteiger partial charge < -0.3 is 5.32 Å². The van der Waals surface area contributed by atoms with Crippen LogP contribution in [0.4, 0.5) is 5.69 Å². The Morgan fingerprint density at radius 3 is 2.43 bits per heavy atom. The first-order valence-corrected chi connectivity index (χ1v) is 8.31. The van der Waals surface area contributed by atoms with Gasteiger partial charge in [0.2, 0.25) is 0 Å². The molecule has 0 aliphatic heterocycles. The summed E-state index contributed by atoms with van der Waals surface area (Å²) in [5.74, 6) is 0. The fourth-order valence-electron chi connectivity index (χ4n) is 1.67. The van der Waals surface area contributed by atoms with E-state index in [4.69, 9.17) is 34.8 Å². The van der Waals surface area contributed by atoms with Crippen molar-refractivity contribution >= 4 is 50.5 Å². The van der Waals surface area contributed by atoms with Crippen molar-refractivity contribution in [3.63, 3.8) is 0 Å². The lowest BCUT2D eigenvalue weighted by Gasteiger charge is -2.11. The van der Waals surface area contributed by atoms with E-state index < -0.39 is 10.0 Å². The summed E-state index contributed by atoms with van der Waals surface area (Å²) < 4.78 is 27.1.